The van der Waals surface area contributed by atoms with E-state index in [-0.39, 0.29) is 24.0 Å². The molecular formula is C17H19N3O3S. The molecule has 0 aliphatic carbocycles. The van der Waals surface area contributed by atoms with Gasteiger partial charge < -0.3 is 10.6 Å². The highest BCUT2D eigenvalue weighted by atomic mass is 32.1. The Kier molecular flexibility index (Phi) is 5.81. The van der Waals surface area contributed by atoms with Crippen molar-refractivity contribution in [2.24, 2.45) is 0 Å². The minimum Gasteiger partial charge on any atom is -0.349 e. The lowest BCUT2D eigenvalue weighted by molar-refractivity contribution is -0.120. The molecule has 2 N–H and O–H groups in total. The fourth-order valence-corrected chi connectivity index (χ4v) is 2.91. The van der Waals surface area contributed by atoms with E-state index in [0.29, 0.717) is 10.8 Å². The molecular weight excluding hydrogens is 326 g/mol. The van der Waals surface area contributed by atoms with E-state index in [1.807, 2.05) is 31.2 Å². The Morgan fingerprint density at radius 2 is 1.83 bits per heavy atom. The van der Waals surface area contributed by atoms with Gasteiger partial charge in [0.1, 0.15) is 5.69 Å². The number of nitrogens with one attached hydrogen (secondary N) is 2. The smallest absolute Gasteiger partial charge is 0.228 e. The Bertz CT molecular complexity index is 753. The van der Waals surface area contributed by atoms with Gasteiger partial charge in [-0.15, -0.1) is 11.3 Å². The molecule has 7 heteroatoms. The number of amides is 2. The van der Waals surface area contributed by atoms with Crippen LogP contribution in [0.2, 0.25) is 0 Å². The fraction of sp³-hybridized carbons (Fsp3) is 0.294. The van der Waals surface area contributed by atoms with Crippen LogP contribution < -0.4 is 10.6 Å². The second kappa shape index (κ2) is 7.83. The standard InChI is InChI=1S/C17H19N3O3S/c1-10-4-6-13(7-5-10)14(18-12(3)22)8-16(23)20-17-19-15(9-24-17)11(2)21/h4-7,9,14H,8H2,1-3H3,(H,18,22)(H,19,20,23)/t14-/m1/s1. The van der Waals surface area contributed by atoms with E-state index in [0.717, 1.165) is 11.1 Å². The molecule has 2 rings (SSSR count). The summed E-state index contributed by atoms with van der Waals surface area (Å²) in [6.45, 7) is 4.81. The van der Waals surface area contributed by atoms with E-state index >= 15 is 0 Å². The zero-order valence-corrected chi connectivity index (χ0v) is 14.6. The maximum absolute atomic E-state index is 12.2. The summed E-state index contributed by atoms with van der Waals surface area (Å²) >= 11 is 1.19. The van der Waals surface area contributed by atoms with Gasteiger partial charge in [-0.3, -0.25) is 14.4 Å². The fourth-order valence-electron chi connectivity index (χ4n) is 2.14. The molecule has 0 unspecified atom stereocenters. The van der Waals surface area contributed by atoms with Crippen LogP contribution in [0, 0.1) is 6.92 Å². The van der Waals surface area contributed by atoms with Crippen LogP contribution in [0.5, 0.6) is 0 Å². The SMILES string of the molecule is CC(=O)N[C@H](CC(=O)Nc1nc(C(C)=O)cs1)c1ccc(C)cc1. The van der Waals surface area contributed by atoms with Gasteiger partial charge >= 0.3 is 0 Å². The van der Waals surface area contributed by atoms with Crippen molar-refractivity contribution < 1.29 is 14.4 Å². The largest absolute Gasteiger partial charge is 0.349 e. The molecule has 6 nitrogen and oxygen atoms in total. The molecule has 0 saturated carbocycles. The molecule has 0 fully saturated rings. The highest BCUT2D eigenvalue weighted by Crippen LogP contribution is 2.20. The Labute approximate surface area is 144 Å². The van der Waals surface area contributed by atoms with Gasteiger partial charge in [0.25, 0.3) is 0 Å². The van der Waals surface area contributed by atoms with Crippen molar-refractivity contribution in [3.8, 4) is 0 Å². The minimum absolute atomic E-state index is 0.0810. The molecule has 1 aromatic heterocycles. The van der Waals surface area contributed by atoms with E-state index in [1.165, 1.54) is 25.2 Å². The summed E-state index contributed by atoms with van der Waals surface area (Å²) in [6, 6.07) is 7.22. The highest BCUT2D eigenvalue weighted by molar-refractivity contribution is 7.14. The molecule has 2 aromatic rings. The molecule has 1 atom stereocenters. The lowest BCUT2D eigenvalue weighted by atomic mass is 10.0. The third kappa shape index (κ3) is 4.99. The Balaban J connectivity index is 2.07. The highest BCUT2D eigenvalue weighted by Gasteiger charge is 2.18. The van der Waals surface area contributed by atoms with Crippen molar-refractivity contribution in [3.63, 3.8) is 0 Å². The zero-order valence-electron chi connectivity index (χ0n) is 13.8. The number of rotatable bonds is 6. The van der Waals surface area contributed by atoms with Gasteiger partial charge in [0.2, 0.25) is 11.8 Å². The third-order valence-corrected chi connectivity index (χ3v) is 4.12. The summed E-state index contributed by atoms with van der Waals surface area (Å²) in [5, 5.41) is 7.42. The van der Waals surface area contributed by atoms with Crippen molar-refractivity contribution in [2.45, 2.75) is 33.2 Å². The summed E-state index contributed by atoms with van der Waals surface area (Å²) in [5.74, 6) is -0.636. The van der Waals surface area contributed by atoms with Crippen LogP contribution in [-0.2, 0) is 9.59 Å². The summed E-state index contributed by atoms with van der Waals surface area (Å²) in [6.07, 6.45) is 0.0810. The van der Waals surface area contributed by atoms with Crippen molar-refractivity contribution in [3.05, 3.63) is 46.5 Å². The van der Waals surface area contributed by atoms with Gasteiger partial charge in [-0.25, -0.2) is 4.98 Å². The molecule has 0 aliphatic rings. The summed E-state index contributed by atoms with van der Waals surface area (Å²) in [5.41, 5.74) is 2.28. The lowest BCUT2D eigenvalue weighted by Crippen LogP contribution is -2.29. The zero-order chi connectivity index (χ0) is 17.7. The first kappa shape index (κ1) is 17.8. The van der Waals surface area contributed by atoms with Gasteiger partial charge in [-0.2, -0.15) is 0 Å². The molecule has 1 aromatic carbocycles. The van der Waals surface area contributed by atoms with E-state index in [4.69, 9.17) is 0 Å². The van der Waals surface area contributed by atoms with Gasteiger partial charge in [-0.1, -0.05) is 29.8 Å². The van der Waals surface area contributed by atoms with Gasteiger partial charge in [0.15, 0.2) is 10.9 Å². The second-order valence-electron chi connectivity index (χ2n) is 5.51. The van der Waals surface area contributed by atoms with Crippen molar-refractivity contribution >= 4 is 34.1 Å². The average Bonchev–Trinajstić information content (AvgIpc) is 2.95. The number of benzene rings is 1. The number of anilines is 1. The summed E-state index contributed by atoms with van der Waals surface area (Å²) in [7, 11) is 0. The van der Waals surface area contributed by atoms with Crippen molar-refractivity contribution in [1.82, 2.24) is 10.3 Å². The van der Waals surface area contributed by atoms with Crippen molar-refractivity contribution in [1.29, 1.82) is 0 Å². The number of hydrogen-bond acceptors (Lipinski definition) is 5. The lowest BCUT2D eigenvalue weighted by Gasteiger charge is -2.18. The van der Waals surface area contributed by atoms with Crippen LogP contribution in [0.3, 0.4) is 0 Å². The molecule has 24 heavy (non-hydrogen) atoms. The third-order valence-electron chi connectivity index (χ3n) is 3.36. The first-order chi connectivity index (χ1) is 11.3. The van der Waals surface area contributed by atoms with Gasteiger partial charge in [-0.05, 0) is 12.5 Å². The quantitative estimate of drug-likeness (QED) is 0.788. The number of hydrogen-bond donors (Lipinski definition) is 2. The molecule has 0 saturated heterocycles. The molecule has 0 spiro atoms. The molecule has 0 bridgehead atoms. The Morgan fingerprint density at radius 1 is 1.17 bits per heavy atom. The first-order valence-corrected chi connectivity index (χ1v) is 8.33. The second-order valence-corrected chi connectivity index (χ2v) is 6.37. The Hall–Kier alpha value is -2.54. The predicted molar refractivity (Wildman–Crippen MR) is 93.1 cm³/mol. The van der Waals surface area contributed by atoms with Crippen molar-refractivity contribution in [2.75, 3.05) is 5.32 Å². The number of nitrogens with zero attached hydrogens (tertiary/aromatic N) is 1. The number of aryl methyl sites for hydroxylation is 1. The summed E-state index contributed by atoms with van der Waals surface area (Å²) in [4.78, 5) is 39.0. The van der Waals surface area contributed by atoms with Crippen LogP contribution >= 0.6 is 11.3 Å². The monoisotopic (exact) mass is 345 g/mol. The van der Waals surface area contributed by atoms with Crippen LogP contribution in [-0.4, -0.2) is 22.6 Å². The maximum Gasteiger partial charge on any atom is 0.228 e. The number of carbonyl (C=O) groups is 3. The number of carbonyl (C=O) groups excluding carboxylic acids is 3. The van der Waals surface area contributed by atoms with Crippen LogP contribution in [0.15, 0.2) is 29.6 Å². The molecule has 0 radical (unpaired) electrons. The molecule has 1 heterocycles. The topological polar surface area (TPSA) is 88.2 Å². The maximum atomic E-state index is 12.2. The van der Waals surface area contributed by atoms with Gasteiger partial charge in [0, 0.05) is 19.2 Å². The van der Waals surface area contributed by atoms with E-state index in [9.17, 15) is 14.4 Å². The number of ketones is 1. The Morgan fingerprint density at radius 3 is 2.38 bits per heavy atom. The molecule has 2 amide bonds. The molecule has 0 aliphatic heterocycles. The predicted octanol–water partition coefficient (Wildman–Crippen LogP) is 2.86. The number of aromatic nitrogens is 1. The molecule has 126 valence electrons. The number of thiazole rings is 1. The van der Waals surface area contributed by atoms with E-state index in [2.05, 4.69) is 15.6 Å². The van der Waals surface area contributed by atoms with Crippen LogP contribution in [0.25, 0.3) is 0 Å². The van der Waals surface area contributed by atoms with E-state index in [1.54, 1.807) is 5.38 Å². The van der Waals surface area contributed by atoms with Crippen LogP contribution in [0.4, 0.5) is 5.13 Å². The first-order valence-electron chi connectivity index (χ1n) is 7.45. The van der Waals surface area contributed by atoms with Gasteiger partial charge in [0.05, 0.1) is 12.5 Å². The minimum atomic E-state index is -0.421. The number of Topliss-reactive ketones (excluding diaryl/α,β-unsaturated/α-hetero) is 1. The average molecular weight is 345 g/mol. The summed E-state index contributed by atoms with van der Waals surface area (Å²) < 4.78 is 0. The van der Waals surface area contributed by atoms with Crippen LogP contribution in [0.1, 0.15) is 47.9 Å². The normalized spacial score (nSPS) is 11.6. The van der Waals surface area contributed by atoms with E-state index < -0.39 is 6.04 Å².